The molecule has 0 aliphatic carbocycles. The summed E-state index contributed by atoms with van der Waals surface area (Å²) in [6.45, 7) is 2.04. The molecule has 0 saturated carbocycles. The number of amides is 1. The number of hydrogen-bond acceptors (Lipinski definition) is 2. The molecule has 0 unspecified atom stereocenters. The highest BCUT2D eigenvalue weighted by Gasteiger charge is 2.10. The predicted molar refractivity (Wildman–Crippen MR) is 96.3 cm³/mol. The molecule has 1 N–H and O–H groups in total. The minimum atomic E-state index is -0.954. The fourth-order valence-electron chi connectivity index (χ4n) is 2.42. The van der Waals surface area contributed by atoms with Crippen LogP contribution in [0, 0.1) is 0 Å². The van der Waals surface area contributed by atoms with Crippen LogP contribution in [-0.2, 0) is 9.59 Å². The van der Waals surface area contributed by atoms with Crippen molar-refractivity contribution in [3.63, 3.8) is 0 Å². The van der Waals surface area contributed by atoms with E-state index in [1.807, 2.05) is 0 Å². The second kappa shape index (κ2) is 16.8. The molecule has 0 spiro atoms. The third-order valence-electron chi connectivity index (χ3n) is 3.79. The molecule has 0 fully saturated rings. The van der Waals surface area contributed by atoms with Crippen LogP contribution in [-0.4, -0.2) is 52.8 Å². The first-order chi connectivity index (χ1) is 10.1. The van der Waals surface area contributed by atoms with Gasteiger partial charge in [0.2, 0.25) is 5.91 Å². The van der Waals surface area contributed by atoms with Gasteiger partial charge in [-0.3, -0.25) is 9.59 Å². The van der Waals surface area contributed by atoms with E-state index in [4.69, 9.17) is 5.11 Å². The van der Waals surface area contributed by atoms with Crippen LogP contribution >= 0.6 is 0 Å². The van der Waals surface area contributed by atoms with Gasteiger partial charge < -0.3 is 10.0 Å². The summed E-state index contributed by atoms with van der Waals surface area (Å²) in [6, 6.07) is 0. The second-order valence-corrected chi connectivity index (χ2v) is 5.93. The van der Waals surface area contributed by atoms with Gasteiger partial charge in [-0.1, -0.05) is 71.1 Å². The predicted octanol–water partition coefficient (Wildman–Crippen LogP) is 3.05. The van der Waals surface area contributed by atoms with E-state index in [1.165, 1.54) is 62.7 Å². The highest BCUT2D eigenvalue weighted by Crippen LogP contribution is 2.12. The summed E-state index contributed by atoms with van der Waals surface area (Å²) in [5.74, 6) is -1.02. The standard InChI is InChI=1S/C17H33NO3.Al.3H/c1-3-4-5-6-7-8-9-10-11-12-13-14-16(19)18(2)15-17(20)21;;;;/h3-15H2,1-2H3,(H,20,21);;;;. The highest BCUT2D eigenvalue weighted by atomic mass is 27.0. The van der Waals surface area contributed by atoms with Gasteiger partial charge in [-0.25, -0.2) is 0 Å². The maximum Gasteiger partial charge on any atom is 0.323 e. The minimum Gasteiger partial charge on any atom is -0.480 e. The average Bonchev–Trinajstić information content (AvgIpc) is 2.43. The number of nitrogens with zero attached hydrogens (tertiary/aromatic N) is 1. The number of carbonyl (C=O) groups is 2. The molecule has 0 aromatic heterocycles. The van der Waals surface area contributed by atoms with E-state index >= 15 is 0 Å². The van der Waals surface area contributed by atoms with Crippen molar-refractivity contribution in [1.29, 1.82) is 0 Å². The van der Waals surface area contributed by atoms with Crippen molar-refractivity contribution in [2.45, 2.75) is 84.0 Å². The van der Waals surface area contributed by atoms with Gasteiger partial charge in [-0.15, -0.1) is 0 Å². The molecular formula is C17H36AlNO3. The van der Waals surface area contributed by atoms with Gasteiger partial charge in [0.1, 0.15) is 6.54 Å². The summed E-state index contributed by atoms with van der Waals surface area (Å²) in [7, 11) is 1.55. The quantitative estimate of drug-likeness (QED) is 0.394. The Bertz CT molecular complexity index is 285. The van der Waals surface area contributed by atoms with E-state index in [0.717, 1.165) is 12.8 Å². The minimum absolute atomic E-state index is 0. The molecule has 5 heteroatoms. The normalized spacial score (nSPS) is 10.1. The summed E-state index contributed by atoms with van der Waals surface area (Å²) in [5.41, 5.74) is 0. The molecule has 0 aromatic carbocycles. The van der Waals surface area contributed by atoms with Gasteiger partial charge in [-0.05, 0) is 6.42 Å². The molecule has 0 saturated heterocycles. The molecule has 0 bridgehead atoms. The smallest absolute Gasteiger partial charge is 0.323 e. The van der Waals surface area contributed by atoms with Crippen molar-refractivity contribution in [1.82, 2.24) is 4.90 Å². The third kappa shape index (κ3) is 15.9. The van der Waals surface area contributed by atoms with E-state index in [-0.39, 0.29) is 29.8 Å². The Labute approximate surface area is 146 Å². The summed E-state index contributed by atoms with van der Waals surface area (Å²) >= 11 is 0. The molecule has 4 nitrogen and oxygen atoms in total. The van der Waals surface area contributed by atoms with Gasteiger partial charge >= 0.3 is 5.97 Å². The van der Waals surface area contributed by atoms with E-state index in [2.05, 4.69) is 6.92 Å². The summed E-state index contributed by atoms with van der Waals surface area (Å²) in [4.78, 5) is 23.4. The zero-order valence-electron chi connectivity index (χ0n) is 13.9. The molecule has 0 radical (unpaired) electrons. The van der Waals surface area contributed by atoms with Crippen LogP contribution in [0.3, 0.4) is 0 Å². The van der Waals surface area contributed by atoms with Crippen LogP contribution in [0.25, 0.3) is 0 Å². The van der Waals surface area contributed by atoms with Crippen molar-refractivity contribution in [3.05, 3.63) is 0 Å². The Morgan fingerprint density at radius 2 is 1.23 bits per heavy atom. The fourth-order valence-corrected chi connectivity index (χ4v) is 2.42. The summed E-state index contributed by atoms with van der Waals surface area (Å²) in [5, 5.41) is 8.60. The van der Waals surface area contributed by atoms with Gasteiger partial charge in [-0.2, -0.15) is 0 Å². The Kier molecular flexibility index (Phi) is 18.2. The monoisotopic (exact) mass is 329 g/mol. The zero-order valence-corrected chi connectivity index (χ0v) is 13.9. The molecule has 0 aliphatic rings. The fraction of sp³-hybridized carbons (Fsp3) is 0.882. The maximum atomic E-state index is 11.6. The van der Waals surface area contributed by atoms with Crippen LogP contribution in [0.5, 0.6) is 0 Å². The Morgan fingerprint density at radius 3 is 1.64 bits per heavy atom. The molecule has 0 rings (SSSR count). The van der Waals surface area contributed by atoms with Gasteiger partial charge in [0.25, 0.3) is 0 Å². The van der Waals surface area contributed by atoms with Crippen molar-refractivity contribution in [2.75, 3.05) is 13.6 Å². The lowest BCUT2D eigenvalue weighted by molar-refractivity contribution is -0.143. The summed E-state index contributed by atoms with van der Waals surface area (Å²) in [6.07, 6.45) is 14.3. The lowest BCUT2D eigenvalue weighted by Crippen LogP contribution is -2.31. The van der Waals surface area contributed by atoms with E-state index in [1.54, 1.807) is 7.05 Å². The molecule has 0 aliphatic heterocycles. The topological polar surface area (TPSA) is 57.6 Å². The van der Waals surface area contributed by atoms with E-state index in [9.17, 15) is 9.59 Å². The largest absolute Gasteiger partial charge is 0.480 e. The number of likely N-dealkylation sites (N-methyl/N-ethyl adjacent to an activating group) is 1. The van der Waals surface area contributed by atoms with Crippen molar-refractivity contribution in [2.24, 2.45) is 0 Å². The maximum absolute atomic E-state index is 11.6. The first kappa shape index (κ1) is 23.7. The molecular weight excluding hydrogens is 293 g/mol. The van der Waals surface area contributed by atoms with Gasteiger partial charge in [0.15, 0.2) is 17.4 Å². The lowest BCUT2D eigenvalue weighted by Gasteiger charge is -2.14. The van der Waals surface area contributed by atoms with Gasteiger partial charge in [0, 0.05) is 13.5 Å². The van der Waals surface area contributed by atoms with Gasteiger partial charge in [0.05, 0.1) is 0 Å². The van der Waals surface area contributed by atoms with Crippen LogP contribution in [0.15, 0.2) is 0 Å². The number of hydrogen-bond donors (Lipinski definition) is 1. The molecule has 0 aromatic rings. The Balaban J connectivity index is 0. The molecule has 0 heterocycles. The number of carboxylic acid groups (broad SMARTS) is 1. The second-order valence-electron chi connectivity index (χ2n) is 5.93. The highest BCUT2D eigenvalue weighted by molar-refractivity contribution is 5.80. The first-order valence-electron chi connectivity index (χ1n) is 8.53. The van der Waals surface area contributed by atoms with Crippen LogP contribution < -0.4 is 0 Å². The Hall–Kier alpha value is -0.528. The van der Waals surface area contributed by atoms with Crippen LogP contribution in [0.2, 0.25) is 0 Å². The third-order valence-corrected chi connectivity index (χ3v) is 3.79. The molecule has 130 valence electrons. The zero-order chi connectivity index (χ0) is 15.9. The van der Waals surface area contributed by atoms with Crippen LogP contribution in [0.1, 0.15) is 84.0 Å². The lowest BCUT2D eigenvalue weighted by atomic mass is 10.1. The number of unbranched alkanes of at least 4 members (excludes halogenated alkanes) is 10. The first-order valence-corrected chi connectivity index (χ1v) is 8.53. The van der Waals surface area contributed by atoms with E-state index < -0.39 is 5.97 Å². The summed E-state index contributed by atoms with van der Waals surface area (Å²) < 4.78 is 0. The van der Waals surface area contributed by atoms with E-state index in [0.29, 0.717) is 6.42 Å². The molecule has 0 atom stereocenters. The Morgan fingerprint density at radius 1 is 0.818 bits per heavy atom. The van der Waals surface area contributed by atoms with Crippen molar-refractivity contribution < 1.29 is 14.7 Å². The van der Waals surface area contributed by atoms with Crippen molar-refractivity contribution in [3.8, 4) is 0 Å². The molecule has 22 heavy (non-hydrogen) atoms. The average molecular weight is 329 g/mol. The van der Waals surface area contributed by atoms with Crippen LogP contribution in [0.4, 0.5) is 0 Å². The number of carboxylic acids is 1. The number of rotatable bonds is 14. The van der Waals surface area contributed by atoms with Crippen molar-refractivity contribution >= 4 is 29.2 Å². The SMILES string of the molecule is CCCCCCCCCCCCCC(=O)N(C)CC(=O)O.[AlH3]. The number of carbonyl (C=O) groups excluding carboxylic acids is 1. The molecule has 1 amide bonds. The number of aliphatic carboxylic acids is 1.